The number of carbonyl (C=O) groups is 1. The van der Waals surface area contributed by atoms with E-state index in [9.17, 15) is 4.79 Å². The van der Waals surface area contributed by atoms with Gasteiger partial charge in [0.1, 0.15) is 0 Å². The minimum atomic E-state index is -0.469. The molecule has 0 aromatic heterocycles. The average molecular weight is 149 g/mol. The maximum absolute atomic E-state index is 10.6. The maximum Gasteiger partial charge on any atom is 0.248 e. The van der Waals surface area contributed by atoms with Crippen molar-refractivity contribution in [2.45, 2.75) is 0 Å². The van der Waals surface area contributed by atoms with Crippen molar-refractivity contribution in [3.63, 3.8) is 0 Å². The molecule has 0 unspecified atom stereocenters. The van der Waals surface area contributed by atoms with Crippen molar-refractivity contribution in [3.05, 3.63) is 49.1 Å². The normalized spacial score (nSPS) is 11.5. The molecule has 0 aliphatic carbocycles. The lowest BCUT2D eigenvalue weighted by Crippen LogP contribution is -2.12. The Balaban J connectivity index is 4.47. The molecule has 2 N–H and O–H groups in total. The summed E-state index contributed by atoms with van der Waals surface area (Å²) in [5.74, 6) is -0.469. The minimum Gasteiger partial charge on any atom is -0.366 e. The monoisotopic (exact) mass is 149 g/mol. The van der Waals surface area contributed by atoms with E-state index in [0.717, 1.165) is 0 Å². The van der Waals surface area contributed by atoms with Crippen LogP contribution in [0.3, 0.4) is 0 Å². The molecular weight excluding hydrogens is 138 g/mol. The lowest BCUT2D eigenvalue weighted by Gasteiger charge is -1.90. The van der Waals surface area contributed by atoms with Crippen molar-refractivity contribution in [3.8, 4) is 0 Å². The van der Waals surface area contributed by atoms with E-state index in [-0.39, 0.29) is 0 Å². The Hall–Kier alpha value is -1.57. The van der Waals surface area contributed by atoms with Crippen molar-refractivity contribution < 1.29 is 4.79 Å². The van der Waals surface area contributed by atoms with Gasteiger partial charge in [-0.25, -0.2) is 0 Å². The highest BCUT2D eigenvalue weighted by molar-refractivity contribution is 5.95. The van der Waals surface area contributed by atoms with Crippen molar-refractivity contribution >= 4 is 5.91 Å². The molecule has 0 radical (unpaired) electrons. The van der Waals surface area contributed by atoms with E-state index in [1.165, 1.54) is 6.08 Å². The van der Waals surface area contributed by atoms with Crippen LogP contribution in [-0.2, 0) is 4.79 Å². The van der Waals surface area contributed by atoms with Crippen LogP contribution in [0.25, 0.3) is 0 Å². The van der Waals surface area contributed by atoms with Gasteiger partial charge in [-0.1, -0.05) is 37.5 Å². The fourth-order valence-electron chi connectivity index (χ4n) is 0.518. The summed E-state index contributed by atoms with van der Waals surface area (Å²) >= 11 is 0. The first-order chi connectivity index (χ1) is 5.22. The van der Waals surface area contributed by atoms with E-state index in [0.29, 0.717) is 5.57 Å². The Labute approximate surface area is 66.4 Å². The molecular formula is C9H11NO. The Morgan fingerprint density at radius 2 is 1.91 bits per heavy atom. The molecule has 0 aliphatic heterocycles. The number of primary amides is 1. The van der Waals surface area contributed by atoms with Crippen molar-refractivity contribution in [2.75, 3.05) is 0 Å². The number of amides is 1. The van der Waals surface area contributed by atoms with Gasteiger partial charge in [0.2, 0.25) is 5.91 Å². The third-order valence-electron chi connectivity index (χ3n) is 0.994. The fourth-order valence-corrected chi connectivity index (χ4v) is 0.518. The van der Waals surface area contributed by atoms with E-state index in [2.05, 4.69) is 13.2 Å². The summed E-state index contributed by atoms with van der Waals surface area (Å²) in [4.78, 5) is 10.6. The van der Waals surface area contributed by atoms with Gasteiger partial charge in [-0.05, 0) is 6.08 Å². The number of nitrogens with two attached hydrogens (primary N) is 1. The van der Waals surface area contributed by atoms with Gasteiger partial charge in [0, 0.05) is 5.57 Å². The predicted molar refractivity (Wildman–Crippen MR) is 46.8 cm³/mol. The Morgan fingerprint density at radius 1 is 1.27 bits per heavy atom. The van der Waals surface area contributed by atoms with Gasteiger partial charge in [-0.2, -0.15) is 0 Å². The third-order valence-corrected chi connectivity index (χ3v) is 0.994. The molecule has 58 valence electrons. The van der Waals surface area contributed by atoms with Crippen LogP contribution in [0.2, 0.25) is 0 Å². The molecule has 0 bridgehead atoms. The Kier molecular flexibility index (Phi) is 4.49. The highest BCUT2D eigenvalue weighted by Gasteiger charge is 1.95. The van der Waals surface area contributed by atoms with E-state index in [4.69, 9.17) is 5.73 Å². The SMILES string of the molecule is C=CC=CC(=CC=C)C(N)=O. The number of hydrogen-bond acceptors (Lipinski definition) is 1. The molecule has 11 heavy (non-hydrogen) atoms. The van der Waals surface area contributed by atoms with Crippen molar-refractivity contribution in [1.82, 2.24) is 0 Å². The molecule has 0 rings (SSSR count). The van der Waals surface area contributed by atoms with Gasteiger partial charge in [0.15, 0.2) is 0 Å². The molecule has 2 heteroatoms. The summed E-state index contributed by atoms with van der Waals surface area (Å²) in [5, 5.41) is 0. The minimum absolute atomic E-state index is 0.417. The molecule has 0 aromatic rings. The Bertz CT molecular complexity index is 224. The van der Waals surface area contributed by atoms with Crippen LogP contribution in [0.4, 0.5) is 0 Å². The number of allylic oxidation sites excluding steroid dienone is 4. The van der Waals surface area contributed by atoms with Gasteiger partial charge in [-0.15, -0.1) is 0 Å². The molecule has 0 fully saturated rings. The topological polar surface area (TPSA) is 43.1 Å². The first-order valence-electron chi connectivity index (χ1n) is 3.14. The van der Waals surface area contributed by atoms with E-state index in [1.54, 1.807) is 24.3 Å². The third kappa shape index (κ3) is 3.92. The van der Waals surface area contributed by atoms with E-state index >= 15 is 0 Å². The van der Waals surface area contributed by atoms with Crippen LogP contribution < -0.4 is 5.73 Å². The smallest absolute Gasteiger partial charge is 0.248 e. The zero-order valence-corrected chi connectivity index (χ0v) is 6.29. The summed E-state index contributed by atoms with van der Waals surface area (Å²) in [6.07, 6.45) is 7.84. The lowest BCUT2D eigenvalue weighted by molar-refractivity contribution is -0.114. The van der Waals surface area contributed by atoms with Crippen LogP contribution in [0.5, 0.6) is 0 Å². The summed E-state index contributed by atoms with van der Waals surface area (Å²) in [6.45, 7) is 6.91. The largest absolute Gasteiger partial charge is 0.366 e. The molecule has 0 saturated heterocycles. The zero-order valence-electron chi connectivity index (χ0n) is 6.29. The van der Waals surface area contributed by atoms with Gasteiger partial charge in [-0.3, -0.25) is 4.79 Å². The van der Waals surface area contributed by atoms with Gasteiger partial charge >= 0.3 is 0 Å². The summed E-state index contributed by atoms with van der Waals surface area (Å²) in [6, 6.07) is 0. The first-order valence-corrected chi connectivity index (χ1v) is 3.14. The molecule has 2 nitrogen and oxygen atoms in total. The quantitative estimate of drug-likeness (QED) is 0.475. The number of hydrogen-bond donors (Lipinski definition) is 1. The second-order valence-corrected chi connectivity index (χ2v) is 1.82. The zero-order chi connectivity index (χ0) is 8.69. The van der Waals surface area contributed by atoms with E-state index < -0.39 is 5.91 Å². The molecule has 0 spiro atoms. The van der Waals surface area contributed by atoms with Gasteiger partial charge in [0.25, 0.3) is 0 Å². The summed E-state index contributed by atoms with van der Waals surface area (Å²) < 4.78 is 0. The van der Waals surface area contributed by atoms with E-state index in [1.807, 2.05) is 0 Å². The van der Waals surface area contributed by atoms with Crippen LogP contribution in [-0.4, -0.2) is 5.91 Å². The van der Waals surface area contributed by atoms with Gasteiger partial charge in [0.05, 0.1) is 0 Å². The number of carbonyl (C=O) groups excluding carboxylic acids is 1. The average Bonchev–Trinajstić information content (AvgIpc) is 1.97. The summed E-state index contributed by atoms with van der Waals surface area (Å²) in [5.41, 5.74) is 5.44. The molecule has 0 atom stereocenters. The van der Waals surface area contributed by atoms with Crippen LogP contribution >= 0.6 is 0 Å². The van der Waals surface area contributed by atoms with Crippen molar-refractivity contribution in [1.29, 1.82) is 0 Å². The molecule has 0 aromatic carbocycles. The molecule has 1 amide bonds. The fraction of sp³-hybridized carbons (Fsp3) is 0. The maximum atomic E-state index is 10.6. The standard InChI is InChI=1S/C9H11NO/c1-3-5-7-8(6-4-2)9(10)11/h3-7H,1-2H2,(H2,10,11). The highest BCUT2D eigenvalue weighted by Crippen LogP contribution is 1.95. The lowest BCUT2D eigenvalue weighted by atomic mass is 10.2. The second-order valence-electron chi connectivity index (χ2n) is 1.82. The van der Waals surface area contributed by atoms with Gasteiger partial charge < -0.3 is 5.73 Å². The number of rotatable bonds is 4. The molecule has 0 aliphatic rings. The summed E-state index contributed by atoms with van der Waals surface area (Å²) in [7, 11) is 0. The molecule has 0 heterocycles. The van der Waals surface area contributed by atoms with Crippen LogP contribution in [0, 0.1) is 0 Å². The van der Waals surface area contributed by atoms with Crippen LogP contribution in [0.1, 0.15) is 0 Å². The molecule has 0 saturated carbocycles. The second kappa shape index (κ2) is 5.23. The predicted octanol–water partition coefficient (Wildman–Crippen LogP) is 1.33. The van der Waals surface area contributed by atoms with Crippen molar-refractivity contribution in [2.24, 2.45) is 5.73 Å². The first kappa shape index (κ1) is 9.43. The van der Waals surface area contributed by atoms with Crippen LogP contribution in [0.15, 0.2) is 49.1 Å². The highest BCUT2D eigenvalue weighted by atomic mass is 16.1. The Morgan fingerprint density at radius 3 is 2.27 bits per heavy atom.